The molecule has 0 aliphatic heterocycles. The van der Waals surface area contributed by atoms with Crippen LogP contribution in [0.2, 0.25) is 0 Å². The molecule has 4 heteroatoms. The maximum absolute atomic E-state index is 12.4. The molecule has 1 unspecified atom stereocenters. The van der Waals surface area contributed by atoms with Crippen molar-refractivity contribution in [3.63, 3.8) is 0 Å². The fourth-order valence-corrected chi connectivity index (χ4v) is 2.78. The van der Waals surface area contributed by atoms with Gasteiger partial charge in [0.25, 0.3) is 0 Å². The van der Waals surface area contributed by atoms with Crippen molar-refractivity contribution in [2.75, 3.05) is 14.2 Å². The molecule has 138 valence electrons. The highest BCUT2D eigenvalue weighted by Crippen LogP contribution is 2.28. The third kappa shape index (κ3) is 5.66. The molecule has 26 heavy (non-hydrogen) atoms. The van der Waals surface area contributed by atoms with Crippen molar-refractivity contribution in [3.05, 3.63) is 65.7 Å². The van der Waals surface area contributed by atoms with E-state index in [1.165, 1.54) is 0 Å². The molecule has 0 saturated heterocycles. The monoisotopic (exact) mass is 353 g/mol. The largest absolute Gasteiger partial charge is 0.493 e. The molecule has 0 spiro atoms. The summed E-state index contributed by atoms with van der Waals surface area (Å²) < 4.78 is 10.5. The lowest BCUT2D eigenvalue weighted by Gasteiger charge is -2.20. The number of ether oxygens (including phenoxy) is 2. The van der Waals surface area contributed by atoms with Gasteiger partial charge in [0.1, 0.15) is 0 Å². The Morgan fingerprint density at radius 1 is 1.04 bits per heavy atom. The van der Waals surface area contributed by atoms with Gasteiger partial charge < -0.3 is 14.8 Å². The van der Waals surface area contributed by atoms with Gasteiger partial charge >= 0.3 is 0 Å². The maximum atomic E-state index is 12.4. The van der Waals surface area contributed by atoms with E-state index in [1.54, 1.807) is 26.4 Å². The Balaban J connectivity index is 2.09. The summed E-state index contributed by atoms with van der Waals surface area (Å²) in [4.78, 5) is 12.4. The van der Waals surface area contributed by atoms with Crippen molar-refractivity contribution in [3.8, 4) is 11.5 Å². The van der Waals surface area contributed by atoms with Crippen LogP contribution in [0, 0.1) is 5.92 Å². The Morgan fingerprint density at radius 2 is 1.73 bits per heavy atom. The molecule has 2 aromatic carbocycles. The van der Waals surface area contributed by atoms with Crippen LogP contribution < -0.4 is 14.8 Å². The van der Waals surface area contributed by atoms with E-state index in [2.05, 4.69) is 19.2 Å². The molecule has 2 rings (SSSR count). The number of benzene rings is 2. The van der Waals surface area contributed by atoms with Gasteiger partial charge in [0.2, 0.25) is 5.91 Å². The number of amides is 1. The first kappa shape index (κ1) is 19.6. The van der Waals surface area contributed by atoms with E-state index in [0.717, 1.165) is 17.5 Å². The van der Waals surface area contributed by atoms with Crippen LogP contribution in [-0.2, 0) is 4.79 Å². The first-order valence-corrected chi connectivity index (χ1v) is 8.79. The molecule has 1 atom stereocenters. The fraction of sp³-hybridized carbons (Fsp3) is 0.318. The molecule has 0 aromatic heterocycles. The number of hydrogen-bond acceptors (Lipinski definition) is 3. The van der Waals surface area contributed by atoms with Crippen molar-refractivity contribution in [2.45, 2.75) is 26.3 Å². The van der Waals surface area contributed by atoms with Crippen LogP contribution in [0.25, 0.3) is 6.08 Å². The van der Waals surface area contributed by atoms with Crippen molar-refractivity contribution < 1.29 is 14.3 Å². The van der Waals surface area contributed by atoms with Crippen LogP contribution in [0.4, 0.5) is 0 Å². The van der Waals surface area contributed by atoms with E-state index >= 15 is 0 Å². The molecule has 0 bridgehead atoms. The predicted octanol–water partition coefficient (Wildman–Crippen LogP) is 4.62. The topological polar surface area (TPSA) is 47.6 Å². The molecular formula is C22H27NO3. The van der Waals surface area contributed by atoms with Crippen LogP contribution in [0.3, 0.4) is 0 Å². The summed E-state index contributed by atoms with van der Waals surface area (Å²) in [5.41, 5.74) is 1.99. The van der Waals surface area contributed by atoms with E-state index < -0.39 is 0 Å². The predicted molar refractivity (Wildman–Crippen MR) is 105 cm³/mol. The summed E-state index contributed by atoms with van der Waals surface area (Å²) in [5, 5.41) is 3.10. The number of carbonyl (C=O) groups excluding carboxylic acids is 1. The second kappa shape index (κ2) is 9.66. The highest BCUT2D eigenvalue weighted by atomic mass is 16.5. The Morgan fingerprint density at radius 3 is 2.35 bits per heavy atom. The van der Waals surface area contributed by atoms with Gasteiger partial charge in [-0.05, 0) is 41.7 Å². The summed E-state index contributed by atoms with van der Waals surface area (Å²) in [6.45, 7) is 4.31. The molecule has 0 fully saturated rings. The molecule has 1 N–H and O–H groups in total. The third-order valence-electron chi connectivity index (χ3n) is 4.06. The quantitative estimate of drug-likeness (QED) is 0.705. The molecule has 2 aromatic rings. The smallest absolute Gasteiger partial charge is 0.244 e. The molecule has 1 amide bonds. The molecular weight excluding hydrogens is 326 g/mol. The van der Waals surface area contributed by atoms with Crippen molar-refractivity contribution >= 4 is 12.0 Å². The summed E-state index contributed by atoms with van der Waals surface area (Å²) in [6.07, 6.45) is 4.21. The molecule has 0 aliphatic rings. The van der Waals surface area contributed by atoms with Gasteiger partial charge in [-0.3, -0.25) is 4.79 Å². The molecule has 4 nitrogen and oxygen atoms in total. The number of methoxy groups -OCH3 is 2. The summed E-state index contributed by atoms with van der Waals surface area (Å²) in [6, 6.07) is 15.6. The summed E-state index contributed by atoms with van der Waals surface area (Å²) in [5.74, 6) is 1.66. The van der Waals surface area contributed by atoms with Crippen LogP contribution in [-0.4, -0.2) is 20.1 Å². The van der Waals surface area contributed by atoms with Gasteiger partial charge in [-0.2, -0.15) is 0 Å². The van der Waals surface area contributed by atoms with Gasteiger partial charge in [-0.15, -0.1) is 0 Å². The average molecular weight is 353 g/mol. The maximum Gasteiger partial charge on any atom is 0.244 e. The molecule has 0 radical (unpaired) electrons. The first-order valence-electron chi connectivity index (χ1n) is 8.79. The molecule has 0 heterocycles. The average Bonchev–Trinajstić information content (AvgIpc) is 2.66. The lowest BCUT2D eigenvalue weighted by Crippen LogP contribution is -2.27. The van der Waals surface area contributed by atoms with Gasteiger partial charge in [0, 0.05) is 6.08 Å². The zero-order chi connectivity index (χ0) is 18.9. The van der Waals surface area contributed by atoms with E-state index in [4.69, 9.17) is 9.47 Å². The Kier molecular flexibility index (Phi) is 7.27. The van der Waals surface area contributed by atoms with E-state index in [0.29, 0.717) is 17.4 Å². The number of hydrogen-bond donors (Lipinski definition) is 1. The number of nitrogens with one attached hydrogen (secondary N) is 1. The van der Waals surface area contributed by atoms with Gasteiger partial charge in [-0.1, -0.05) is 50.2 Å². The molecule has 0 aliphatic carbocycles. The van der Waals surface area contributed by atoms with Crippen molar-refractivity contribution in [2.24, 2.45) is 5.92 Å². The minimum absolute atomic E-state index is 0.00115. The Bertz CT molecular complexity index is 738. The SMILES string of the molecule is COc1ccc(/C=C/C(=O)NC(CC(C)C)c2ccccc2)cc1OC. The Labute approximate surface area is 155 Å². The van der Waals surface area contributed by atoms with E-state index in [1.807, 2.05) is 48.5 Å². The van der Waals surface area contributed by atoms with Crippen LogP contribution in [0.1, 0.15) is 37.4 Å². The van der Waals surface area contributed by atoms with Crippen LogP contribution in [0.5, 0.6) is 11.5 Å². The van der Waals surface area contributed by atoms with Gasteiger partial charge in [0.05, 0.1) is 20.3 Å². The number of carbonyl (C=O) groups is 1. The normalized spacial score (nSPS) is 12.2. The van der Waals surface area contributed by atoms with Crippen molar-refractivity contribution in [1.82, 2.24) is 5.32 Å². The van der Waals surface area contributed by atoms with Gasteiger partial charge in [-0.25, -0.2) is 0 Å². The van der Waals surface area contributed by atoms with Gasteiger partial charge in [0.15, 0.2) is 11.5 Å². The summed E-state index contributed by atoms with van der Waals surface area (Å²) >= 11 is 0. The van der Waals surface area contributed by atoms with Crippen LogP contribution in [0.15, 0.2) is 54.6 Å². The lowest BCUT2D eigenvalue weighted by atomic mass is 9.97. The minimum Gasteiger partial charge on any atom is -0.493 e. The standard InChI is InChI=1S/C22H27NO3/c1-16(2)14-19(18-8-6-5-7-9-18)23-22(24)13-11-17-10-12-20(25-3)21(15-17)26-4/h5-13,15-16,19H,14H2,1-4H3,(H,23,24)/b13-11+. The highest BCUT2D eigenvalue weighted by Gasteiger charge is 2.14. The lowest BCUT2D eigenvalue weighted by molar-refractivity contribution is -0.117. The highest BCUT2D eigenvalue weighted by molar-refractivity contribution is 5.92. The zero-order valence-corrected chi connectivity index (χ0v) is 15.9. The number of rotatable bonds is 8. The second-order valence-electron chi connectivity index (χ2n) is 6.55. The van der Waals surface area contributed by atoms with E-state index in [-0.39, 0.29) is 11.9 Å². The minimum atomic E-state index is -0.116. The second-order valence-corrected chi connectivity index (χ2v) is 6.55. The first-order chi connectivity index (χ1) is 12.5. The van der Waals surface area contributed by atoms with Crippen LogP contribution >= 0.6 is 0 Å². The third-order valence-corrected chi connectivity index (χ3v) is 4.06. The summed E-state index contributed by atoms with van der Waals surface area (Å²) in [7, 11) is 3.19. The Hall–Kier alpha value is -2.75. The zero-order valence-electron chi connectivity index (χ0n) is 15.9. The molecule has 0 saturated carbocycles. The fourth-order valence-electron chi connectivity index (χ4n) is 2.78. The van der Waals surface area contributed by atoms with Crippen molar-refractivity contribution in [1.29, 1.82) is 0 Å². The van der Waals surface area contributed by atoms with E-state index in [9.17, 15) is 4.79 Å².